The van der Waals surface area contributed by atoms with E-state index < -0.39 is 8.07 Å². The fraction of sp³-hybridized carbons (Fsp3) is 0.625. The van der Waals surface area contributed by atoms with Crippen LogP contribution in [0.15, 0.2) is 24.3 Å². The summed E-state index contributed by atoms with van der Waals surface area (Å²) >= 11 is 0. The van der Waals surface area contributed by atoms with Crippen LogP contribution in [-0.4, -0.2) is 73.0 Å². The maximum atomic E-state index is 6.47. The minimum Gasteiger partial charge on any atom is -0.467 e. The molecule has 7 nitrogen and oxygen atoms in total. The van der Waals surface area contributed by atoms with Crippen LogP contribution in [0.2, 0.25) is 0 Å². The van der Waals surface area contributed by atoms with Gasteiger partial charge in [0.05, 0.1) is 26.4 Å². The molecule has 0 saturated heterocycles. The Hall–Kier alpha value is -1.73. The molecule has 0 fully saturated rings. The molecule has 0 amide bonds. The number of benzene rings is 2. The van der Waals surface area contributed by atoms with Gasteiger partial charge in [0.25, 0.3) is 0 Å². The average Bonchev–Trinajstić information content (AvgIpc) is 2.84. The summed E-state index contributed by atoms with van der Waals surface area (Å²) in [6.45, 7) is 19.9. The van der Waals surface area contributed by atoms with E-state index in [0.717, 1.165) is 33.2 Å². The first kappa shape index (κ1) is 34.5. The Balaban J connectivity index is 2.76. The molecule has 0 bridgehead atoms. The van der Waals surface area contributed by atoms with Crippen molar-refractivity contribution >= 4 is 18.7 Å². The molecule has 0 aliphatic heterocycles. The van der Waals surface area contributed by atoms with Gasteiger partial charge >= 0.3 is 0 Å². The SMILES string of the molecule is COCCOCOc1c(P(c2cc(C)cc(C(C)(C)C)c2OCOCCOC)N(C)C)cc(C)cc1C(C)(C)C. The van der Waals surface area contributed by atoms with Crippen LogP contribution in [0.5, 0.6) is 11.5 Å². The quantitative estimate of drug-likeness (QED) is 0.151. The molecule has 0 atom stereocenters. The predicted molar refractivity (Wildman–Crippen MR) is 166 cm³/mol. The Morgan fingerprint density at radius 3 is 1.30 bits per heavy atom. The lowest BCUT2D eigenvalue weighted by Crippen LogP contribution is -2.30. The van der Waals surface area contributed by atoms with Crippen LogP contribution in [0.3, 0.4) is 0 Å². The summed E-state index contributed by atoms with van der Waals surface area (Å²) < 4.78 is 37.0. The molecular weight excluding hydrogens is 525 g/mol. The van der Waals surface area contributed by atoms with E-state index in [1.807, 2.05) is 0 Å². The summed E-state index contributed by atoms with van der Waals surface area (Å²) in [4.78, 5) is 0. The lowest BCUT2D eigenvalue weighted by Gasteiger charge is -2.34. The third-order valence-corrected chi connectivity index (χ3v) is 8.71. The summed E-state index contributed by atoms with van der Waals surface area (Å²) in [5, 5.41) is 2.27. The highest BCUT2D eigenvalue weighted by molar-refractivity contribution is 7.71. The molecule has 0 N–H and O–H groups in total. The van der Waals surface area contributed by atoms with Gasteiger partial charge in [-0.2, -0.15) is 0 Å². The van der Waals surface area contributed by atoms with E-state index >= 15 is 0 Å². The van der Waals surface area contributed by atoms with Gasteiger partial charge < -0.3 is 28.4 Å². The first-order valence-corrected chi connectivity index (χ1v) is 15.2. The molecule has 0 saturated carbocycles. The van der Waals surface area contributed by atoms with Crippen molar-refractivity contribution in [3.05, 3.63) is 46.5 Å². The van der Waals surface area contributed by atoms with E-state index in [0.29, 0.717) is 26.4 Å². The first-order valence-electron chi connectivity index (χ1n) is 13.9. The zero-order chi connectivity index (χ0) is 30.1. The van der Waals surface area contributed by atoms with Gasteiger partial charge in [-0.15, -0.1) is 0 Å². The molecular formula is C32H52NO6P. The molecule has 0 unspecified atom stereocenters. The van der Waals surface area contributed by atoms with E-state index in [1.54, 1.807) is 14.2 Å². The summed E-state index contributed by atoms with van der Waals surface area (Å²) in [6.07, 6.45) is 0. The second-order valence-electron chi connectivity index (χ2n) is 12.3. The molecule has 0 radical (unpaired) electrons. The van der Waals surface area contributed by atoms with Gasteiger partial charge in [0.2, 0.25) is 0 Å². The van der Waals surface area contributed by atoms with Gasteiger partial charge in [-0.1, -0.05) is 53.7 Å². The lowest BCUT2D eigenvalue weighted by atomic mass is 9.85. The molecule has 0 aliphatic carbocycles. The second-order valence-corrected chi connectivity index (χ2v) is 14.7. The Labute approximate surface area is 244 Å². The third-order valence-electron chi connectivity index (χ3n) is 6.34. The van der Waals surface area contributed by atoms with E-state index in [4.69, 9.17) is 28.4 Å². The van der Waals surface area contributed by atoms with Crippen molar-refractivity contribution in [1.82, 2.24) is 4.67 Å². The largest absolute Gasteiger partial charge is 0.467 e. The van der Waals surface area contributed by atoms with Gasteiger partial charge in [0, 0.05) is 44.0 Å². The molecule has 0 aromatic heterocycles. The summed E-state index contributed by atoms with van der Waals surface area (Å²) in [7, 11) is 6.54. The summed E-state index contributed by atoms with van der Waals surface area (Å²) in [5.74, 6) is 1.74. The van der Waals surface area contributed by atoms with Crippen LogP contribution in [-0.2, 0) is 29.8 Å². The Morgan fingerprint density at radius 1 is 0.625 bits per heavy atom. The fourth-order valence-corrected chi connectivity index (χ4v) is 6.93. The monoisotopic (exact) mass is 577 g/mol. The highest BCUT2D eigenvalue weighted by Gasteiger charge is 2.32. The van der Waals surface area contributed by atoms with Crippen LogP contribution in [0, 0.1) is 13.8 Å². The van der Waals surface area contributed by atoms with Crippen molar-refractivity contribution in [3.63, 3.8) is 0 Å². The minimum absolute atomic E-state index is 0.131. The standard InChI is InChI=1S/C32H52NO6P/c1-23-17-25(31(3,4)5)29(38-21-36-15-13-34-11)27(19-23)40(33(9)10)28-20-24(2)18-26(32(6,7)8)30(28)39-22-37-16-14-35-12/h17-20H,13-16,21-22H2,1-12H3. The minimum atomic E-state index is -1.04. The van der Waals surface area contributed by atoms with Gasteiger partial charge in [0.15, 0.2) is 13.6 Å². The number of nitrogens with zero attached hydrogens (tertiary/aromatic N) is 1. The molecule has 8 heteroatoms. The second kappa shape index (κ2) is 15.5. The van der Waals surface area contributed by atoms with Crippen LogP contribution in [0.1, 0.15) is 63.8 Å². The molecule has 0 spiro atoms. The zero-order valence-electron chi connectivity index (χ0n) is 26.9. The van der Waals surface area contributed by atoms with Crippen molar-refractivity contribution in [2.45, 2.75) is 66.2 Å². The van der Waals surface area contributed by atoms with Crippen LogP contribution >= 0.6 is 8.07 Å². The normalized spacial score (nSPS) is 12.4. The number of ether oxygens (including phenoxy) is 6. The number of hydrogen-bond donors (Lipinski definition) is 0. The summed E-state index contributed by atoms with van der Waals surface area (Å²) in [5.41, 5.74) is 4.43. The Kier molecular flexibility index (Phi) is 13.3. The van der Waals surface area contributed by atoms with Gasteiger partial charge in [0.1, 0.15) is 11.5 Å². The molecule has 40 heavy (non-hydrogen) atoms. The number of hydrogen-bond acceptors (Lipinski definition) is 7. The molecule has 2 rings (SSSR count). The van der Waals surface area contributed by atoms with Crippen molar-refractivity contribution < 1.29 is 28.4 Å². The molecule has 226 valence electrons. The van der Waals surface area contributed by atoms with E-state index in [9.17, 15) is 0 Å². The van der Waals surface area contributed by atoms with Crippen LogP contribution in [0.25, 0.3) is 0 Å². The highest BCUT2D eigenvalue weighted by Crippen LogP contribution is 2.47. The maximum Gasteiger partial charge on any atom is 0.189 e. The first-order chi connectivity index (χ1) is 18.7. The number of rotatable bonds is 15. The van der Waals surface area contributed by atoms with Gasteiger partial charge in [-0.05, 0) is 62.0 Å². The lowest BCUT2D eigenvalue weighted by molar-refractivity contribution is -0.00874. The molecule has 0 heterocycles. The third kappa shape index (κ3) is 9.68. The van der Waals surface area contributed by atoms with Crippen molar-refractivity contribution in [2.24, 2.45) is 0 Å². The molecule has 2 aromatic carbocycles. The summed E-state index contributed by atoms with van der Waals surface area (Å²) in [6, 6.07) is 8.97. The van der Waals surface area contributed by atoms with Crippen LogP contribution in [0.4, 0.5) is 0 Å². The highest BCUT2D eigenvalue weighted by atomic mass is 31.1. The Morgan fingerprint density at radius 2 is 1.00 bits per heavy atom. The van der Waals surface area contributed by atoms with Crippen molar-refractivity contribution in [1.29, 1.82) is 0 Å². The van der Waals surface area contributed by atoms with Gasteiger partial charge in [-0.25, -0.2) is 0 Å². The maximum absolute atomic E-state index is 6.47. The van der Waals surface area contributed by atoms with E-state index in [-0.39, 0.29) is 24.4 Å². The predicted octanol–water partition coefficient (Wildman–Crippen LogP) is 5.81. The Bertz CT molecular complexity index is 993. The van der Waals surface area contributed by atoms with E-state index in [2.05, 4.69) is 98.4 Å². The average molecular weight is 578 g/mol. The molecule has 0 aliphatic rings. The fourth-order valence-electron chi connectivity index (χ4n) is 4.40. The number of aryl methyl sites for hydroxylation is 2. The number of methoxy groups -OCH3 is 2. The van der Waals surface area contributed by atoms with Crippen LogP contribution < -0.4 is 20.1 Å². The smallest absolute Gasteiger partial charge is 0.189 e. The molecule has 2 aromatic rings. The van der Waals surface area contributed by atoms with E-state index in [1.165, 1.54) is 11.1 Å². The zero-order valence-corrected chi connectivity index (χ0v) is 27.8. The van der Waals surface area contributed by atoms with Crippen molar-refractivity contribution in [2.75, 3.05) is 68.3 Å². The van der Waals surface area contributed by atoms with Crippen molar-refractivity contribution in [3.8, 4) is 11.5 Å². The topological polar surface area (TPSA) is 58.6 Å². The van der Waals surface area contributed by atoms with Gasteiger partial charge in [-0.3, -0.25) is 4.67 Å².